The van der Waals surface area contributed by atoms with Gasteiger partial charge in [0.2, 0.25) is 5.91 Å². The number of nitrogens with one attached hydrogen (secondary N) is 3. The van der Waals surface area contributed by atoms with Gasteiger partial charge in [-0.2, -0.15) is 0 Å². The van der Waals surface area contributed by atoms with Crippen molar-refractivity contribution in [1.29, 1.82) is 0 Å². The Morgan fingerprint density at radius 1 is 1.08 bits per heavy atom. The lowest BCUT2D eigenvalue weighted by Crippen LogP contribution is -2.44. The number of rotatable bonds is 6. The predicted octanol–water partition coefficient (Wildman–Crippen LogP) is 1.25. The molecule has 0 radical (unpaired) electrons. The molecule has 1 fully saturated rings. The van der Waals surface area contributed by atoms with Crippen LogP contribution in [0.25, 0.3) is 0 Å². The van der Waals surface area contributed by atoms with Crippen LogP contribution < -0.4 is 16.0 Å². The standard InChI is InChI=1S/C18H23N3O5/c1-12(22)19-10-13-6-8-14(9-7-13)17(24)26-11-16(23)21-18(25)20-15-4-2-3-5-15/h6-9,15H,2-5,10-11H2,1H3,(H,19,22)(H2,20,21,23,25). The lowest BCUT2D eigenvalue weighted by molar-refractivity contribution is -0.123. The molecule has 0 spiro atoms. The summed E-state index contributed by atoms with van der Waals surface area (Å²) in [7, 11) is 0. The Bertz CT molecular complexity index is 666. The van der Waals surface area contributed by atoms with Gasteiger partial charge in [0.15, 0.2) is 6.61 Å². The average Bonchev–Trinajstić information content (AvgIpc) is 3.11. The second kappa shape index (κ2) is 9.55. The second-order valence-electron chi connectivity index (χ2n) is 6.19. The number of hydrogen-bond donors (Lipinski definition) is 3. The van der Waals surface area contributed by atoms with E-state index in [9.17, 15) is 19.2 Å². The fourth-order valence-electron chi connectivity index (χ4n) is 2.65. The number of hydrogen-bond acceptors (Lipinski definition) is 5. The van der Waals surface area contributed by atoms with Crippen molar-refractivity contribution in [3.63, 3.8) is 0 Å². The van der Waals surface area contributed by atoms with Crippen LogP contribution in [-0.2, 0) is 20.9 Å². The summed E-state index contributed by atoms with van der Waals surface area (Å²) in [6.45, 7) is 1.25. The van der Waals surface area contributed by atoms with Gasteiger partial charge in [0.05, 0.1) is 5.56 Å². The summed E-state index contributed by atoms with van der Waals surface area (Å²) >= 11 is 0. The summed E-state index contributed by atoms with van der Waals surface area (Å²) in [6, 6.07) is 5.99. The van der Waals surface area contributed by atoms with E-state index in [0.717, 1.165) is 31.2 Å². The van der Waals surface area contributed by atoms with E-state index in [1.165, 1.54) is 6.92 Å². The second-order valence-corrected chi connectivity index (χ2v) is 6.19. The molecule has 0 heterocycles. The smallest absolute Gasteiger partial charge is 0.338 e. The summed E-state index contributed by atoms with van der Waals surface area (Å²) < 4.78 is 4.90. The van der Waals surface area contributed by atoms with Gasteiger partial charge in [-0.15, -0.1) is 0 Å². The maximum atomic E-state index is 11.9. The molecule has 1 saturated carbocycles. The third-order valence-corrected chi connectivity index (χ3v) is 4.01. The number of urea groups is 1. The van der Waals surface area contributed by atoms with Crippen LogP contribution in [0.1, 0.15) is 48.5 Å². The number of imide groups is 1. The highest BCUT2D eigenvalue weighted by Gasteiger charge is 2.18. The van der Waals surface area contributed by atoms with Crippen molar-refractivity contribution in [1.82, 2.24) is 16.0 Å². The molecule has 1 aliphatic rings. The molecule has 140 valence electrons. The van der Waals surface area contributed by atoms with Gasteiger partial charge in [0.25, 0.3) is 5.91 Å². The predicted molar refractivity (Wildman–Crippen MR) is 93.2 cm³/mol. The number of carbonyl (C=O) groups is 4. The molecule has 0 unspecified atom stereocenters. The van der Waals surface area contributed by atoms with Crippen LogP contribution in [-0.4, -0.2) is 36.5 Å². The van der Waals surface area contributed by atoms with Crippen molar-refractivity contribution in [2.45, 2.75) is 45.2 Å². The van der Waals surface area contributed by atoms with Crippen LogP contribution in [0.15, 0.2) is 24.3 Å². The van der Waals surface area contributed by atoms with Crippen molar-refractivity contribution >= 4 is 23.8 Å². The molecule has 0 aromatic heterocycles. The Balaban J connectivity index is 1.72. The first-order valence-electron chi connectivity index (χ1n) is 8.55. The summed E-state index contributed by atoms with van der Waals surface area (Å²) in [5, 5.41) is 7.51. The zero-order valence-electron chi connectivity index (χ0n) is 14.7. The molecule has 26 heavy (non-hydrogen) atoms. The van der Waals surface area contributed by atoms with Crippen molar-refractivity contribution < 1.29 is 23.9 Å². The molecule has 8 nitrogen and oxygen atoms in total. The summed E-state index contributed by atoms with van der Waals surface area (Å²) in [5.41, 5.74) is 1.11. The minimum Gasteiger partial charge on any atom is -0.452 e. The zero-order chi connectivity index (χ0) is 18.9. The molecule has 1 aliphatic carbocycles. The normalized spacial score (nSPS) is 13.7. The molecule has 3 N–H and O–H groups in total. The highest BCUT2D eigenvalue weighted by molar-refractivity contribution is 5.97. The molecular weight excluding hydrogens is 338 g/mol. The maximum Gasteiger partial charge on any atom is 0.338 e. The minimum atomic E-state index is -0.684. The largest absolute Gasteiger partial charge is 0.452 e. The summed E-state index contributed by atoms with van der Waals surface area (Å²) in [6.07, 6.45) is 3.96. The number of amides is 4. The number of ether oxygens (including phenoxy) is 1. The molecule has 2 rings (SSSR count). The fraction of sp³-hybridized carbons (Fsp3) is 0.444. The van der Waals surface area contributed by atoms with Gasteiger partial charge in [0.1, 0.15) is 0 Å². The van der Waals surface area contributed by atoms with E-state index in [1.807, 2.05) is 0 Å². The van der Waals surface area contributed by atoms with Gasteiger partial charge in [-0.3, -0.25) is 14.9 Å². The van der Waals surface area contributed by atoms with Gasteiger partial charge < -0.3 is 15.4 Å². The zero-order valence-corrected chi connectivity index (χ0v) is 14.7. The van der Waals surface area contributed by atoms with Crippen molar-refractivity contribution in [2.24, 2.45) is 0 Å². The van der Waals surface area contributed by atoms with Crippen LogP contribution >= 0.6 is 0 Å². The molecule has 8 heteroatoms. The Hall–Kier alpha value is -2.90. The van der Waals surface area contributed by atoms with Crippen molar-refractivity contribution in [2.75, 3.05) is 6.61 Å². The third kappa shape index (κ3) is 6.54. The fourth-order valence-corrected chi connectivity index (χ4v) is 2.65. The number of benzene rings is 1. The Morgan fingerprint density at radius 3 is 2.35 bits per heavy atom. The molecule has 0 saturated heterocycles. The highest BCUT2D eigenvalue weighted by atomic mass is 16.5. The van der Waals surface area contributed by atoms with Crippen LogP contribution in [0.5, 0.6) is 0 Å². The van der Waals surface area contributed by atoms with Crippen LogP contribution in [0.2, 0.25) is 0 Å². The van der Waals surface area contributed by atoms with Crippen molar-refractivity contribution in [3.05, 3.63) is 35.4 Å². The van der Waals surface area contributed by atoms with Crippen LogP contribution in [0, 0.1) is 0 Å². The first kappa shape index (κ1) is 19.4. The maximum absolute atomic E-state index is 11.9. The SMILES string of the molecule is CC(=O)NCc1ccc(C(=O)OCC(=O)NC(=O)NC2CCCC2)cc1. The third-order valence-electron chi connectivity index (χ3n) is 4.01. The summed E-state index contributed by atoms with van der Waals surface area (Å²) in [5.74, 6) is -1.49. The molecule has 0 atom stereocenters. The topological polar surface area (TPSA) is 114 Å². The number of esters is 1. The Kier molecular flexibility index (Phi) is 7.13. The quantitative estimate of drug-likeness (QED) is 0.660. The van der Waals surface area contributed by atoms with E-state index < -0.39 is 24.5 Å². The van der Waals surface area contributed by atoms with Gasteiger partial charge in [0, 0.05) is 19.5 Å². The summed E-state index contributed by atoms with van der Waals surface area (Å²) in [4.78, 5) is 46.1. The van der Waals surface area contributed by atoms with E-state index in [-0.39, 0.29) is 17.5 Å². The lowest BCUT2D eigenvalue weighted by atomic mass is 10.1. The van der Waals surface area contributed by atoms with E-state index in [0.29, 0.717) is 6.54 Å². The van der Waals surface area contributed by atoms with Gasteiger partial charge in [-0.05, 0) is 30.5 Å². The van der Waals surface area contributed by atoms with Gasteiger partial charge in [-0.25, -0.2) is 9.59 Å². The molecule has 1 aromatic carbocycles. The van der Waals surface area contributed by atoms with Crippen molar-refractivity contribution in [3.8, 4) is 0 Å². The molecule has 0 aliphatic heterocycles. The Labute approximate surface area is 151 Å². The van der Waals surface area contributed by atoms with E-state index >= 15 is 0 Å². The monoisotopic (exact) mass is 361 g/mol. The molecule has 0 bridgehead atoms. The van der Waals surface area contributed by atoms with E-state index in [4.69, 9.17) is 4.74 Å². The Morgan fingerprint density at radius 2 is 1.73 bits per heavy atom. The van der Waals surface area contributed by atoms with Gasteiger partial charge >= 0.3 is 12.0 Å². The van der Waals surface area contributed by atoms with Gasteiger partial charge in [-0.1, -0.05) is 25.0 Å². The van der Waals surface area contributed by atoms with E-state index in [2.05, 4.69) is 16.0 Å². The lowest BCUT2D eigenvalue weighted by Gasteiger charge is -2.12. The average molecular weight is 361 g/mol. The van der Waals surface area contributed by atoms with Crippen LogP contribution in [0.4, 0.5) is 4.79 Å². The number of carbonyl (C=O) groups excluding carboxylic acids is 4. The molecule has 1 aromatic rings. The highest BCUT2D eigenvalue weighted by Crippen LogP contribution is 2.17. The molecular formula is C18H23N3O5. The van der Waals surface area contributed by atoms with Crippen LogP contribution in [0.3, 0.4) is 0 Å². The minimum absolute atomic E-state index is 0.0985. The van der Waals surface area contributed by atoms with E-state index in [1.54, 1.807) is 24.3 Å². The molecule has 4 amide bonds. The first-order chi connectivity index (χ1) is 12.4. The first-order valence-corrected chi connectivity index (χ1v) is 8.55.